The maximum absolute atomic E-state index is 12.6. The lowest BCUT2D eigenvalue weighted by Crippen LogP contribution is -2.42. The van der Waals surface area contributed by atoms with E-state index in [0.717, 1.165) is 39.7 Å². The van der Waals surface area contributed by atoms with Gasteiger partial charge in [0.1, 0.15) is 6.04 Å². The van der Waals surface area contributed by atoms with Crippen molar-refractivity contribution in [2.45, 2.75) is 26.4 Å². The number of aryl methyl sites for hydroxylation is 1. The van der Waals surface area contributed by atoms with Crippen LogP contribution in [0.15, 0.2) is 35.4 Å². The van der Waals surface area contributed by atoms with Gasteiger partial charge in [-0.2, -0.15) is 0 Å². The molecule has 0 aliphatic carbocycles. The largest absolute Gasteiger partial charge is 0.467 e. The number of amides is 2. The van der Waals surface area contributed by atoms with Crippen LogP contribution in [0, 0.1) is 0 Å². The Balaban J connectivity index is 1.99. The number of nitrogens with zero attached hydrogens (tertiary/aromatic N) is 2. The van der Waals surface area contributed by atoms with Gasteiger partial charge in [-0.15, -0.1) is 0 Å². The van der Waals surface area contributed by atoms with E-state index in [4.69, 9.17) is 0 Å². The van der Waals surface area contributed by atoms with Gasteiger partial charge in [0.25, 0.3) is 11.1 Å². The van der Waals surface area contributed by atoms with Gasteiger partial charge in [-0.25, -0.2) is 4.79 Å². The Morgan fingerprint density at radius 3 is 2.72 bits per heavy atom. The molecule has 0 unspecified atom stereocenters. The van der Waals surface area contributed by atoms with E-state index in [1.165, 1.54) is 14.0 Å². The van der Waals surface area contributed by atoms with Crippen molar-refractivity contribution in [1.82, 2.24) is 9.47 Å². The molecule has 1 aromatic carbocycles. The van der Waals surface area contributed by atoms with Crippen LogP contribution in [-0.4, -0.2) is 39.7 Å². The molecule has 1 fully saturated rings. The minimum Gasteiger partial charge on any atom is -0.467 e. The van der Waals surface area contributed by atoms with Crippen molar-refractivity contribution in [1.29, 1.82) is 0 Å². The lowest BCUT2D eigenvalue weighted by molar-refractivity contribution is -0.148. The number of hydrogen-bond acceptors (Lipinski definition) is 5. The van der Waals surface area contributed by atoms with Crippen molar-refractivity contribution in [3.8, 4) is 0 Å². The summed E-state index contributed by atoms with van der Waals surface area (Å²) >= 11 is 0.840. The molecule has 6 nitrogen and oxygen atoms in total. The molecule has 0 saturated carbocycles. The van der Waals surface area contributed by atoms with Crippen LogP contribution in [-0.2, 0) is 20.9 Å². The third kappa shape index (κ3) is 2.95. The molecule has 2 amide bonds. The van der Waals surface area contributed by atoms with Crippen LogP contribution in [0.4, 0.5) is 4.79 Å². The number of rotatable bonds is 4. The second-order valence-corrected chi connectivity index (χ2v) is 6.63. The minimum absolute atomic E-state index is 0.305. The van der Waals surface area contributed by atoms with Crippen LogP contribution >= 0.6 is 11.8 Å². The molecular formula is C18H18N2O4S. The van der Waals surface area contributed by atoms with Crippen LogP contribution in [0.25, 0.3) is 17.0 Å². The number of imide groups is 1. The van der Waals surface area contributed by atoms with E-state index in [9.17, 15) is 14.4 Å². The Labute approximate surface area is 149 Å². The van der Waals surface area contributed by atoms with Gasteiger partial charge in [0.15, 0.2) is 0 Å². The van der Waals surface area contributed by atoms with E-state index < -0.39 is 23.2 Å². The van der Waals surface area contributed by atoms with Crippen molar-refractivity contribution in [3.63, 3.8) is 0 Å². The van der Waals surface area contributed by atoms with E-state index in [2.05, 4.69) is 9.30 Å². The summed E-state index contributed by atoms with van der Waals surface area (Å²) in [6, 6.07) is 6.95. The second kappa shape index (κ2) is 6.76. The van der Waals surface area contributed by atoms with E-state index in [1.54, 1.807) is 6.08 Å². The number of fused-ring (bicyclic) bond motifs is 1. The fourth-order valence-electron chi connectivity index (χ4n) is 2.88. The zero-order valence-electron chi connectivity index (χ0n) is 14.2. The van der Waals surface area contributed by atoms with Gasteiger partial charge in [-0.1, -0.05) is 18.2 Å². The van der Waals surface area contributed by atoms with Gasteiger partial charge in [0.05, 0.1) is 12.0 Å². The summed E-state index contributed by atoms with van der Waals surface area (Å²) in [7, 11) is 1.23. The lowest BCUT2D eigenvalue weighted by Gasteiger charge is -2.18. The molecule has 0 radical (unpaired) electrons. The van der Waals surface area contributed by atoms with Gasteiger partial charge in [0.2, 0.25) is 0 Å². The van der Waals surface area contributed by atoms with Crippen molar-refractivity contribution in [2.24, 2.45) is 0 Å². The van der Waals surface area contributed by atoms with Crippen molar-refractivity contribution >= 4 is 45.9 Å². The van der Waals surface area contributed by atoms with E-state index >= 15 is 0 Å². The van der Waals surface area contributed by atoms with Gasteiger partial charge in [-0.3, -0.25) is 14.5 Å². The number of carbonyl (C=O) groups excluding carboxylic acids is 3. The average molecular weight is 358 g/mol. The van der Waals surface area contributed by atoms with E-state index in [0.29, 0.717) is 4.91 Å². The maximum Gasteiger partial charge on any atom is 0.328 e. The first-order valence-corrected chi connectivity index (χ1v) is 8.72. The van der Waals surface area contributed by atoms with Crippen LogP contribution < -0.4 is 0 Å². The number of hydrogen-bond donors (Lipinski definition) is 0. The van der Waals surface area contributed by atoms with Gasteiger partial charge in [-0.05, 0) is 37.8 Å². The third-order valence-corrected chi connectivity index (χ3v) is 5.08. The number of thioether (sulfide) groups is 1. The van der Waals surface area contributed by atoms with Crippen LogP contribution in [0.2, 0.25) is 0 Å². The number of methoxy groups -OCH3 is 1. The van der Waals surface area contributed by atoms with E-state index in [-0.39, 0.29) is 0 Å². The molecule has 0 bridgehead atoms. The van der Waals surface area contributed by atoms with Gasteiger partial charge in [0, 0.05) is 29.2 Å². The predicted octanol–water partition coefficient (Wildman–Crippen LogP) is 3.26. The van der Waals surface area contributed by atoms with E-state index in [1.807, 2.05) is 37.4 Å². The summed E-state index contributed by atoms with van der Waals surface area (Å²) in [5, 5.41) is 0.547. The smallest absolute Gasteiger partial charge is 0.328 e. The monoisotopic (exact) mass is 358 g/mol. The molecule has 3 rings (SSSR count). The zero-order valence-corrected chi connectivity index (χ0v) is 15.0. The fraction of sp³-hybridized carbons (Fsp3) is 0.278. The zero-order chi connectivity index (χ0) is 18.1. The third-order valence-electron chi connectivity index (χ3n) is 4.20. The topological polar surface area (TPSA) is 68.6 Å². The summed E-state index contributed by atoms with van der Waals surface area (Å²) in [6.45, 7) is 4.32. The summed E-state index contributed by atoms with van der Waals surface area (Å²) in [5.74, 6) is -1.09. The molecule has 1 aromatic heterocycles. The molecular weight excluding hydrogens is 340 g/mol. The quantitative estimate of drug-likeness (QED) is 0.620. The standard InChI is InChI=1S/C18H18N2O4S/c1-4-19-10-12(13-7-5-6-8-14(13)19)9-15-16(21)20(18(23)25-15)11(2)17(22)24-3/h5-11H,4H2,1-3H3/b15-9+/t11-/m0/s1. The molecule has 1 aliphatic heterocycles. The van der Waals surface area contributed by atoms with Crippen molar-refractivity contribution in [3.05, 3.63) is 40.9 Å². The number of aromatic nitrogens is 1. The second-order valence-electron chi connectivity index (χ2n) is 5.64. The summed E-state index contributed by atoms with van der Waals surface area (Å²) in [4.78, 5) is 37.7. The fourth-order valence-corrected chi connectivity index (χ4v) is 3.78. The van der Waals surface area contributed by atoms with Crippen LogP contribution in [0.1, 0.15) is 19.4 Å². The highest BCUT2D eigenvalue weighted by molar-refractivity contribution is 8.18. The van der Waals surface area contributed by atoms with Gasteiger partial charge < -0.3 is 9.30 Å². The Morgan fingerprint density at radius 1 is 1.32 bits per heavy atom. The Bertz CT molecular complexity index is 900. The summed E-state index contributed by atoms with van der Waals surface area (Å²) < 4.78 is 6.72. The molecule has 2 heterocycles. The minimum atomic E-state index is -0.944. The van der Waals surface area contributed by atoms with Crippen LogP contribution in [0.5, 0.6) is 0 Å². The molecule has 1 atom stereocenters. The highest BCUT2D eigenvalue weighted by atomic mass is 32.2. The Morgan fingerprint density at radius 2 is 2.04 bits per heavy atom. The van der Waals surface area contributed by atoms with Crippen molar-refractivity contribution in [2.75, 3.05) is 7.11 Å². The highest BCUT2D eigenvalue weighted by Crippen LogP contribution is 2.35. The normalized spacial score (nSPS) is 17.6. The summed E-state index contributed by atoms with van der Waals surface area (Å²) in [6.07, 6.45) is 3.67. The maximum atomic E-state index is 12.6. The molecule has 2 aromatic rings. The molecule has 1 saturated heterocycles. The number of benzene rings is 1. The first-order valence-electron chi connectivity index (χ1n) is 7.90. The lowest BCUT2D eigenvalue weighted by atomic mass is 10.1. The first-order chi connectivity index (χ1) is 12.0. The number of esters is 1. The Kier molecular flexibility index (Phi) is 4.67. The molecule has 7 heteroatoms. The van der Waals surface area contributed by atoms with Crippen molar-refractivity contribution < 1.29 is 19.1 Å². The van der Waals surface area contributed by atoms with Crippen LogP contribution in [0.3, 0.4) is 0 Å². The molecule has 130 valence electrons. The predicted molar refractivity (Wildman–Crippen MR) is 96.9 cm³/mol. The first kappa shape index (κ1) is 17.3. The van der Waals surface area contributed by atoms with Gasteiger partial charge >= 0.3 is 5.97 Å². The number of ether oxygens (including phenoxy) is 1. The Hall–Kier alpha value is -2.54. The highest BCUT2D eigenvalue weighted by Gasteiger charge is 2.41. The molecule has 0 spiro atoms. The molecule has 25 heavy (non-hydrogen) atoms. The summed E-state index contributed by atoms with van der Waals surface area (Å²) in [5.41, 5.74) is 1.94. The average Bonchev–Trinajstić information content (AvgIpc) is 3.11. The molecule has 0 N–H and O–H groups in total. The number of para-hydroxylation sites is 1. The molecule has 1 aliphatic rings. The SMILES string of the molecule is CCn1cc(/C=C2/SC(=O)N([C@@H](C)C(=O)OC)C2=O)c2ccccc21. The number of carbonyl (C=O) groups is 3.